The zero-order chi connectivity index (χ0) is 17.1. The number of nitrogens with zero attached hydrogens (tertiary/aromatic N) is 2. The molecule has 2 atom stereocenters. The van der Waals surface area contributed by atoms with Gasteiger partial charge in [-0.1, -0.05) is 30.3 Å². The smallest absolute Gasteiger partial charge is 0.335 e. The second kappa shape index (κ2) is 9.85. The van der Waals surface area contributed by atoms with Crippen LogP contribution >= 0.6 is 0 Å². The van der Waals surface area contributed by atoms with Crippen LogP contribution < -0.4 is 11.5 Å². The van der Waals surface area contributed by atoms with E-state index in [1.807, 2.05) is 30.3 Å². The summed E-state index contributed by atoms with van der Waals surface area (Å²) in [4.78, 5) is 19.5. The fraction of sp³-hybridized carbons (Fsp3) is 0.167. The number of rotatable bonds is 5. The summed E-state index contributed by atoms with van der Waals surface area (Å²) in [7, 11) is 0. The zero-order valence-electron chi connectivity index (χ0n) is 11.3. The van der Waals surface area contributed by atoms with Crippen molar-refractivity contribution in [3.8, 4) is 0 Å². The van der Waals surface area contributed by atoms with Gasteiger partial charge in [0.15, 0.2) is 12.2 Å². The third-order valence-electron chi connectivity index (χ3n) is 1.98. The first kappa shape index (κ1) is 19.0. The molecule has 120 valence electrons. The molecule has 1 aromatic rings. The highest BCUT2D eigenvalue weighted by molar-refractivity contribution is 5.83. The van der Waals surface area contributed by atoms with E-state index >= 15 is 0 Å². The third kappa shape index (κ3) is 8.24. The van der Waals surface area contributed by atoms with E-state index in [2.05, 4.69) is 10.2 Å². The minimum atomic E-state index is -2.27. The lowest BCUT2D eigenvalue weighted by atomic mass is 10.2. The van der Waals surface area contributed by atoms with Crippen LogP contribution in [0.1, 0.15) is 5.56 Å². The quantitative estimate of drug-likeness (QED) is 0.207. The van der Waals surface area contributed by atoms with Gasteiger partial charge in [0.05, 0.1) is 6.21 Å². The monoisotopic (exact) mass is 312 g/mol. The van der Waals surface area contributed by atoms with Crippen molar-refractivity contribution in [2.45, 2.75) is 12.2 Å². The van der Waals surface area contributed by atoms with Gasteiger partial charge >= 0.3 is 11.9 Å². The van der Waals surface area contributed by atoms with Crippen molar-refractivity contribution in [1.29, 1.82) is 0 Å². The molecule has 0 aliphatic heterocycles. The summed E-state index contributed by atoms with van der Waals surface area (Å²) < 4.78 is 0. The molecule has 0 heterocycles. The molecule has 0 saturated heterocycles. The summed E-state index contributed by atoms with van der Waals surface area (Å²) >= 11 is 0. The van der Waals surface area contributed by atoms with Crippen LogP contribution in [-0.4, -0.2) is 56.7 Å². The SMILES string of the molecule is NC(N)=NN=Cc1ccccc1.O=C(O)[C@H](O)[C@@H](O)C(=O)O. The molecule has 0 saturated carbocycles. The van der Waals surface area contributed by atoms with Gasteiger partial charge in [-0.15, -0.1) is 5.10 Å². The number of nitrogens with two attached hydrogens (primary N) is 2. The summed E-state index contributed by atoms with van der Waals surface area (Å²) in [5.41, 5.74) is 11.1. The van der Waals surface area contributed by atoms with E-state index in [0.717, 1.165) is 5.56 Å². The molecule has 10 heteroatoms. The van der Waals surface area contributed by atoms with Crippen molar-refractivity contribution >= 4 is 24.1 Å². The van der Waals surface area contributed by atoms with Gasteiger partial charge < -0.3 is 31.9 Å². The van der Waals surface area contributed by atoms with E-state index in [1.54, 1.807) is 6.21 Å². The fourth-order valence-corrected chi connectivity index (χ4v) is 0.971. The van der Waals surface area contributed by atoms with Crippen LogP contribution in [0.3, 0.4) is 0 Å². The fourth-order valence-electron chi connectivity index (χ4n) is 0.971. The van der Waals surface area contributed by atoms with Crippen molar-refractivity contribution < 1.29 is 30.0 Å². The maximum absolute atomic E-state index is 9.77. The lowest BCUT2D eigenvalue weighted by Gasteiger charge is -2.07. The Morgan fingerprint density at radius 3 is 1.82 bits per heavy atom. The van der Waals surface area contributed by atoms with Gasteiger partial charge in [-0.3, -0.25) is 0 Å². The maximum atomic E-state index is 9.77. The van der Waals surface area contributed by atoms with E-state index in [0.29, 0.717) is 0 Å². The molecule has 0 spiro atoms. The third-order valence-corrected chi connectivity index (χ3v) is 1.98. The lowest BCUT2D eigenvalue weighted by molar-refractivity contribution is -0.165. The number of benzene rings is 1. The van der Waals surface area contributed by atoms with Gasteiger partial charge in [0.2, 0.25) is 5.96 Å². The largest absolute Gasteiger partial charge is 0.479 e. The summed E-state index contributed by atoms with van der Waals surface area (Å²) in [6.45, 7) is 0. The minimum Gasteiger partial charge on any atom is -0.479 e. The Balaban J connectivity index is 0.000000409. The predicted octanol–water partition coefficient (Wildman–Crippen LogP) is -1.83. The van der Waals surface area contributed by atoms with Crippen LogP contribution in [0.4, 0.5) is 0 Å². The van der Waals surface area contributed by atoms with E-state index in [4.69, 9.17) is 31.9 Å². The molecule has 0 aliphatic carbocycles. The molecule has 0 amide bonds. The Labute approximate surface area is 125 Å². The van der Waals surface area contributed by atoms with Crippen molar-refractivity contribution in [2.24, 2.45) is 21.7 Å². The minimum absolute atomic E-state index is 0.0396. The normalized spacial score (nSPS) is 12.6. The average Bonchev–Trinajstić information content (AvgIpc) is 2.47. The molecule has 1 aromatic carbocycles. The summed E-state index contributed by atoms with van der Waals surface area (Å²) in [5, 5.41) is 39.6. The molecule has 0 aromatic heterocycles. The van der Waals surface area contributed by atoms with E-state index < -0.39 is 24.1 Å². The van der Waals surface area contributed by atoms with E-state index in [9.17, 15) is 9.59 Å². The second-order valence-corrected chi connectivity index (χ2v) is 3.75. The van der Waals surface area contributed by atoms with Crippen molar-refractivity contribution in [2.75, 3.05) is 0 Å². The second-order valence-electron chi connectivity index (χ2n) is 3.75. The van der Waals surface area contributed by atoms with Crippen LogP contribution in [0.25, 0.3) is 0 Å². The lowest BCUT2D eigenvalue weighted by Crippen LogP contribution is -2.39. The number of carboxylic acid groups (broad SMARTS) is 2. The Morgan fingerprint density at radius 1 is 1.00 bits per heavy atom. The Morgan fingerprint density at radius 2 is 1.45 bits per heavy atom. The number of aliphatic hydroxyl groups excluding tert-OH is 2. The molecule has 0 bridgehead atoms. The maximum Gasteiger partial charge on any atom is 0.335 e. The number of guanidine groups is 1. The van der Waals surface area contributed by atoms with Gasteiger partial charge in [0.25, 0.3) is 0 Å². The van der Waals surface area contributed by atoms with E-state index in [-0.39, 0.29) is 5.96 Å². The Hall–Kier alpha value is -2.98. The number of aliphatic carboxylic acids is 2. The molecule has 0 fully saturated rings. The first-order valence-electron chi connectivity index (χ1n) is 5.74. The van der Waals surface area contributed by atoms with Crippen LogP contribution in [0, 0.1) is 0 Å². The van der Waals surface area contributed by atoms with E-state index in [1.165, 1.54) is 0 Å². The molecule has 10 nitrogen and oxygen atoms in total. The van der Waals surface area contributed by atoms with Crippen LogP contribution in [-0.2, 0) is 9.59 Å². The van der Waals surface area contributed by atoms with Gasteiger partial charge in [0.1, 0.15) is 0 Å². The number of hydrogen-bond acceptors (Lipinski definition) is 6. The van der Waals surface area contributed by atoms with Gasteiger partial charge in [-0.05, 0) is 5.56 Å². The predicted molar refractivity (Wildman–Crippen MR) is 77.1 cm³/mol. The zero-order valence-corrected chi connectivity index (χ0v) is 11.3. The number of hydrogen-bond donors (Lipinski definition) is 6. The van der Waals surface area contributed by atoms with Crippen molar-refractivity contribution in [3.63, 3.8) is 0 Å². The number of carboxylic acids is 2. The van der Waals surface area contributed by atoms with Gasteiger partial charge in [-0.2, -0.15) is 5.10 Å². The van der Waals surface area contributed by atoms with Crippen molar-refractivity contribution in [1.82, 2.24) is 0 Å². The van der Waals surface area contributed by atoms with Gasteiger partial charge in [0, 0.05) is 0 Å². The molecule has 22 heavy (non-hydrogen) atoms. The highest BCUT2D eigenvalue weighted by Gasteiger charge is 2.29. The molecule has 8 N–H and O–H groups in total. The summed E-state index contributed by atoms with van der Waals surface area (Å²) in [5.74, 6) is -3.58. The Bertz CT molecular complexity index is 524. The number of carbonyl (C=O) groups is 2. The van der Waals surface area contributed by atoms with Crippen LogP contribution in [0.2, 0.25) is 0 Å². The molecular formula is C12H16N4O6. The summed E-state index contributed by atoms with van der Waals surface area (Å²) in [6, 6.07) is 9.57. The summed E-state index contributed by atoms with van der Waals surface area (Å²) in [6.07, 6.45) is -2.95. The average molecular weight is 312 g/mol. The molecular weight excluding hydrogens is 296 g/mol. The molecule has 1 rings (SSSR count). The Kier molecular flexibility index (Phi) is 8.52. The number of aliphatic hydroxyl groups is 2. The topological polar surface area (TPSA) is 192 Å². The van der Waals surface area contributed by atoms with Gasteiger partial charge in [-0.25, -0.2) is 9.59 Å². The van der Waals surface area contributed by atoms with Crippen LogP contribution in [0.5, 0.6) is 0 Å². The molecule has 0 unspecified atom stereocenters. The molecule has 0 aliphatic rings. The first-order chi connectivity index (χ1) is 10.3. The van der Waals surface area contributed by atoms with Crippen LogP contribution in [0.15, 0.2) is 40.5 Å². The standard InChI is InChI=1S/C8H10N4.C4H6O6/c9-8(10)12-11-6-7-4-2-1-3-5-7;5-1(3(7)8)2(6)4(9)10/h1-6H,(H4,9,10,12);1-2,5-6H,(H,7,8)(H,9,10)/t;1-,2-/m.1/s1. The highest BCUT2D eigenvalue weighted by Crippen LogP contribution is 1.93. The van der Waals surface area contributed by atoms with Crippen molar-refractivity contribution in [3.05, 3.63) is 35.9 Å². The highest BCUT2D eigenvalue weighted by atomic mass is 16.4. The first-order valence-corrected chi connectivity index (χ1v) is 5.74. The molecule has 0 radical (unpaired) electrons.